The molecule has 0 heterocycles. The summed E-state index contributed by atoms with van der Waals surface area (Å²) in [6.07, 6.45) is 1.55. The van der Waals surface area contributed by atoms with Crippen molar-refractivity contribution in [2.45, 2.75) is 46.3 Å². The molecule has 0 fully saturated rings. The number of carbonyl (C=O) groups is 2. The summed E-state index contributed by atoms with van der Waals surface area (Å²) in [6.45, 7) is 8.67. The Labute approximate surface area is 102 Å². The second kappa shape index (κ2) is 6.27. The van der Waals surface area contributed by atoms with Crippen molar-refractivity contribution in [1.82, 2.24) is 5.32 Å². The predicted molar refractivity (Wildman–Crippen MR) is 64.2 cm³/mol. The third-order valence-corrected chi connectivity index (χ3v) is 1.83. The minimum Gasteiger partial charge on any atom is -0.464 e. The molecule has 0 spiro atoms. The molecule has 5 nitrogen and oxygen atoms in total. The van der Waals surface area contributed by atoms with Crippen LogP contribution in [0.2, 0.25) is 0 Å². The third-order valence-electron chi connectivity index (χ3n) is 1.83. The van der Waals surface area contributed by atoms with Crippen LogP contribution in [0.3, 0.4) is 0 Å². The van der Waals surface area contributed by atoms with Gasteiger partial charge in [-0.05, 0) is 34.6 Å². The Kier molecular flexibility index (Phi) is 5.71. The molecule has 98 valence electrons. The summed E-state index contributed by atoms with van der Waals surface area (Å²) in [7, 11) is 1.28. The smallest absolute Gasteiger partial charge is 0.353 e. The fourth-order valence-corrected chi connectivity index (χ4v) is 1.05. The van der Waals surface area contributed by atoms with Crippen LogP contribution in [0.15, 0.2) is 11.8 Å². The first-order valence-corrected chi connectivity index (χ1v) is 5.45. The van der Waals surface area contributed by atoms with Gasteiger partial charge in [-0.3, -0.25) is 0 Å². The molecular weight excluding hydrogens is 222 g/mol. The number of rotatable bonds is 4. The van der Waals surface area contributed by atoms with Gasteiger partial charge in [0.05, 0.1) is 7.11 Å². The maximum absolute atomic E-state index is 11.7. The zero-order chi connectivity index (χ0) is 13.6. The number of carbonyl (C=O) groups excluding carboxylic acids is 2. The monoisotopic (exact) mass is 243 g/mol. The van der Waals surface area contributed by atoms with Gasteiger partial charge in [0.15, 0.2) is 0 Å². The van der Waals surface area contributed by atoms with Crippen molar-refractivity contribution in [1.29, 1.82) is 0 Å². The quantitative estimate of drug-likeness (QED) is 0.597. The minimum atomic E-state index is -0.612. The van der Waals surface area contributed by atoms with E-state index in [2.05, 4.69) is 10.1 Å². The van der Waals surface area contributed by atoms with Crippen LogP contribution >= 0.6 is 0 Å². The molecule has 0 saturated heterocycles. The molecule has 17 heavy (non-hydrogen) atoms. The lowest BCUT2D eigenvalue weighted by Crippen LogP contribution is -2.40. The topological polar surface area (TPSA) is 64.6 Å². The Bertz CT molecular complexity index is 315. The number of allylic oxidation sites excluding steroid dienone is 1. The highest BCUT2D eigenvalue weighted by Gasteiger charge is 2.23. The molecule has 0 unspecified atom stereocenters. The van der Waals surface area contributed by atoms with Crippen molar-refractivity contribution in [2.24, 2.45) is 0 Å². The van der Waals surface area contributed by atoms with Gasteiger partial charge < -0.3 is 14.8 Å². The summed E-state index contributed by atoms with van der Waals surface area (Å²) < 4.78 is 9.74. The first kappa shape index (κ1) is 15.5. The molecule has 0 aromatic carbocycles. The maximum atomic E-state index is 11.7. The highest BCUT2D eigenvalue weighted by molar-refractivity contribution is 5.89. The van der Waals surface area contributed by atoms with Crippen molar-refractivity contribution in [2.75, 3.05) is 7.11 Å². The standard InChI is InChI=1S/C12H21NO4/c1-7-9(11(15)16-6)13-8(2)10(14)17-12(3,4)5/h7-8,13H,1-6H3/b9-7-/t8-/m0/s1. The van der Waals surface area contributed by atoms with Crippen LogP contribution in [0.5, 0.6) is 0 Å². The maximum Gasteiger partial charge on any atom is 0.353 e. The fraction of sp³-hybridized carbons (Fsp3) is 0.667. The van der Waals surface area contributed by atoms with E-state index in [-0.39, 0.29) is 5.70 Å². The lowest BCUT2D eigenvalue weighted by molar-refractivity contribution is -0.156. The number of ether oxygens (including phenoxy) is 2. The van der Waals surface area contributed by atoms with Crippen molar-refractivity contribution in [3.8, 4) is 0 Å². The molecule has 0 aliphatic rings. The molecule has 0 aromatic heterocycles. The van der Waals surface area contributed by atoms with Gasteiger partial charge in [0, 0.05) is 0 Å². The number of hydrogen-bond donors (Lipinski definition) is 1. The summed E-state index contributed by atoms with van der Waals surface area (Å²) in [5.74, 6) is -0.927. The van der Waals surface area contributed by atoms with Crippen LogP contribution in [-0.4, -0.2) is 30.7 Å². The van der Waals surface area contributed by atoms with Gasteiger partial charge in [-0.15, -0.1) is 0 Å². The summed E-state index contributed by atoms with van der Waals surface area (Å²) in [4.78, 5) is 22.9. The second-order valence-electron chi connectivity index (χ2n) is 4.59. The molecule has 0 saturated carbocycles. The van der Waals surface area contributed by atoms with E-state index in [9.17, 15) is 9.59 Å². The average Bonchev–Trinajstić information content (AvgIpc) is 2.21. The molecule has 5 heteroatoms. The average molecular weight is 243 g/mol. The summed E-state index contributed by atoms with van der Waals surface area (Å²) in [5, 5.41) is 2.75. The zero-order valence-electron chi connectivity index (χ0n) is 11.3. The Morgan fingerprint density at radius 3 is 2.18 bits per heavy atom. The van der Waals surface area contributed by atoms with Crippen LogP contribution in [-0.2, 0) is 19.1 Å². The van der Waals surface area contributed by atoms with Crippen molar-refractivity contribution in [3.63, 3.8) is 0 Å². The van der Waals surface area contributed by atoms with Crippen molar-refractivity contribution < 1.29 is 19.1 Å². The molecule has 0 aromatic rings. The minimum absolute atomic E-state index is 0.242. The second-order valence-corrected chi connectivity index (χ2v) is 4.59. The van der Waals surface area contributed by atoms with Crippen LogP contribution in [0.1, 0.15) is 34.6 Å². The first-order valence-electron chi connectivity index (χ1n) is 5.45. The van der Waals surface area contributed by atoms with E-state index in [4.69, 9.17) is 4.74 Å². The van der Waals surface area contributed by atoms with Crippen LogP contribution in [0, 0.1) is 0 Å². The lowest BCUT2D eigenvalue weighted by Gasteiger charge is -2.23. The molecule has 0 amide bonds. The molecule has 1 N–H and O–H groups in total. The van der Waals surface area contributed by atoms with Crippen LogP contribution in [0.25, 0.3) is 0 Å². The fourth-order valence-electron chi connectivity index (χ4n) is 1.05. The highest BCUT2D eigenvalue weighted by atomic mass is 16.6. The number of methoxy groups -OCH3 is 1. The largest absolute Gasteiger partial charge is 0.464 e. The van der Waals surface area contributed by atoms with E-state index >= 15 is 0 Å². The van der Waals surface area contributed by atoms with Gasteiger partial charge in [0.1, 0.15) is 17.3 Å². The Hall–Kier alpha value is -1.52. The molecule has 0 bridgehead atoms. The Morgan fingerprint density at radius 2 is 1.82 bits per heavy atom. The molecule has 0 aliphatic carbocycles. The molecule has 0 aliphatic heterocycles. The molecular formula is C12H21NO4. The first-order chi connectivity index (χ1) is 7.71. The van der Waals surface area contributed by atoms with Gasteiger partial charge in [-0.25, -0.2) is 9.59 Å². The van der Waals surface area contributed by atoms with E-state index in [0.717, 1.165) is 0 Å². The van der Waals surface area contributed by atoms with E-state index < -0.39 is 23.6 Å². The number of hydrogen-bond acceptors (Lipinski definition) is 5. The van der Waals surface area contributed by atoms with E-state index in [0.29, 0.717) is 0 Å². The van der Waals surface area contributed by atoms with E-state index in [1.807, 2.05) is 0 Å². The summed E-state index contributed by atoms with van der Waals surface area (Å²) >= 11 is 0. The van der Waals surface area contributed by atoms with Crippen LogP contribution < -0.4 is 5.32 Å². The van der Waals surface area contributed by atoms with E-state index in [1.165, 1.54) is 7.11 Å². The zero-order valence-corrected chi connectivity index (χ0v) is 11.3. The molecule has 1 atom stereocenters. The number of nitrogens with one attached hydrogen (secondary N) is 1. The molecule has 0 radical (unpaired) electrons. The lowest BCUT2D eigenvalue weighted by atomic mass is 10.2. The Morgan fingerprint density at radius 1 is 1.29 bits per heavy atom. The third kappa shape index (κ3) is 5.94. The Balaban J connectivity index is 4.48. The van der Waals surface area contributed by atoms with Crippen molar-refractivity contribution >= 4 is 11.9 Å². The predicted octanol–water partition coefficient (Wildman–Crippen LogP) is 1.38. The normalized spacial score (nSPS) is 13.9. The van der Waals surface area contributed by atoms with Crippen molar-refractivity contribution in [3.05, 3.63) is 11.8 Å². The van der Waals surface area contributed by atoms with Gasteiger partial charge in [0.25, 0.3) is 0 Å². The van der Waals surface area contributed by atoms with Crippen LogP contribution in [0.4, 0.5) is 0 Å². The van der Waals surface area contributed by atoms with E-state index in [1.54, 1.807) is 40.7 Å². The molecule has 0 rings (SSSR count). The highest BCUT2D eigenvalue weighted by Crippen LogP contribution is 2.09. The summed E-state index contributed by atoms with van der Waals surface area (Å²) in [5.41, 5.74) is -0.306. The summed E-state index contributed by atoms with van der Waals surface area (Å²) in [6, 6.07) is -0.612. The van der Waals surface area contributed by atoms with Gasteiger partial charge >= 0.3 is 11.9 Å². The SMILES string of the molecule is C/C=C(\N[C@@H](C)C(=O)OC(C)(C)C)C(=O)OC. The van der Waals surface area contributed by atoms with Gasteiger partial charge in [0.2, 0.25) is 0 Å². The van der Waals surface area contributed by atoms with Gasteiger partial charge in [-0.1, -0.05) is 6.08 Å². The number of esters is 2. The van der Waals surface area contributed by atoms with Gasteiger partial charge in [-0.2, -0.15) is 0 Å².